The largest absolute Gasteiger partial charge is 0.359 e. The molecular weight excluding hydrogens is 558 g/mol. The second-order valence-electron chi connectivity index (χ2n) is 12.5. The summed E-state index contributed by atoms with van der Waals surface area (Å²) in [4.78, 5) is 22.4. The number of hydrogen-bond donors (Lipinski definition) is 2. The lowest BCUT2D eigenvalue weighted by atomic mass is 9.95. The van der Waals surface area contributed by atoms with Crippen molar-refractivity contribution in [1.29, 1.82) is 0 Å². The molecule has 0 saturated carbocycles. The van der Waals surface area contributed by atoms with Gasteiger partial charge in [0.05, 0.1) is 11.9 Å². The van der Waals surface area contributed by atoms with E-state index >= 15 is 0 Å². The van der Waals surface area contributed by atoms with Crippen molar-refractivity contribution in [2.45, 2.75) is 66.0 Å². The number of anilines is 1. The quantitative estimate of drug-likeness (QED) is 0.245. The zero-order valence-corrected chi connectivity index (χ0v) is 26.7. The number of fused-ring (bicyclic) bond motifs is 1. The highest BCUT2D eigenvalue weighted by atomic mass is 19.2. The van der Waals surface area contributed by atoms with E-state index in [1.54, 1.807) is 36.0 Å². The van der Waals surface area contributed by atoms with Crippen LogP contribution in [-0.4, -0.2) is 58.5 Å². The van der Waals surface area contributed by atoms with Crippen LogP contribution in [0.25, 0.3) is 17.5 Å². The highest BCUT2D eigenvalue weighted by molar-refractivity contribution is 5.96. The number of piperidine rings is 1. The summed E-state index contributed by atoms with van der Waals surface area (Å²) in [6, 6.07) is 8.97. The molecule has 3 heterocycles. The third kappa shape index (κ3) is 6.83. The van der Waals surface area contributed by atoms with Crippen molar-refractivity contribution < 1.29 is 13.6 Å². The molecule has 0 radical (unpaired) electrons. The number of nitrogens with one attached hydrogen (secondary N) is 2. The summed E-state index contributed by atoms with van der Waals surface area (Å²) in [5, 5.41) is 6.73. The van der Waals surface area contributed by atoms with Crippen LogP contribution in [0.4, 0.5) is 14.5 Å². The molecule has 2 aromatic carbocycles. The molecule has 1 aromatic heterocycles. The SMILES string of the molecule is CCCC(C)CN1CCC(CNC(=O)c2ccc(NC3c4ncc(-c5ccc(C)c(F)c5F)n4C=CN3C)cc2CC)CC1. The van der Waals surface area contributed by atoms with Crippen LogP contribution in [0, 0.1) is 30.4 Å². The summed E-state index contributed by atoms with van der Waals surface area (Å²) < 4.78 is 31.0. The van der Waals surface area contributed by atoms with E-state index in [9.17, 15) is 13.6 Å². The van der Waals surface area contributed by atoms with E-state index in [0.29, 0.717) is 36.0 Å². The molecule has 1 amide bonds. The number of nitrogens with zero attached hydrogens (tertiary/aromatic N) is 4. The highest BCUT2D eigenvalue weighted by Crippen LogP contribution is 2.33. The van der Waals surface area contributed by atoms with Gasteiger partial charge in [-0.1, -0.05) is 33.3 Å². The normalized spacial score (nSPS) is 17.9. The van der Waals surface area contributed by atoms with Crippen LogP contribution < -0.4 is 10.6 Å². The van der Waals surface area contributed by atoms with E-state index in [-0.39, 0.29) is 23.2 Å². The Labute approximate surface area is 260 Å². The van der Waals surface area contributed by atoms with Gasteiger partial charge in [0.2, 0.25) is 0 Å². The number of benzene rings is 2. The first kappa shape index (κ1) is 31.7. The van der Waals surface area contributed by atoms with E-state index in [1.807, 2.05) is 36.3 Å². The average molecular weight is 605 g/mol. The monoisotopic (exact) mass is 604 g/mol. The molecular formula is C35H46F2N6O. The fraction of sp³-hybridized carbons (Fsp3) is 0.486. The van der Waals surface area contributed by atoms with Crippen molar-refractivity contribution in [2.75, 3.05) is 38.5 Å². The number of hydrogen-bond acceptors (Lipinski definition) is 5. The molecule has 2 N–H and O–H groups in total. The standard InChI is InChI=1S/C35H46F2N6O/c1-6-8-23(3)22-42-15-13-25(14-16-42)20-39-35(44)28-12-10-27(19-26(28)7-2)40-34-33-38-21-30(43(33)18-17-41(34)5)29-11-9-24(4)31(36)32(29)37/h9-12,17-19,21,23,25,34,40H,6-8,13-16,20,22H2,1-5H3,(H,39,44). The van der Waals surface area contributed by atoms with Gasteiger partial charge >= 0.3 is 0 Å². The lowest BCUT2D eigenvalue weighted by molar-refractivity contribution is 0.0932. The predicted octanol–water partition coefficient (Wildman–Crippen LogP) is 7.06. The maximum Gasteiger partial charge on any atom is 0.251 e. The summed E-state index contributed by atoms with van der Waals surface area (Å²) in [6.07, 6.45) is 10.4. The van der Waals surface area contributed by atoms with Crippen LogP contribution in [0.5, 0.6) is 0 Å². The summed E-state index contributed by atoms with van der Waals surface area (Å²) in [7, 11) is 1.93. The van der Waals surface area contributed by atoms with Crippen LogP contribution in [0.2, 0.25) is 0 Å². The number of carbonyl (C=O) groups excluding carboxylic acids is 1. The molecule has 2 aliphatic rings. The third-order valence-electron chi connectivity index (χ3n) is 9.12. The average Bonchev–Trinajstić information content (AvgIpc) is 3.45. The van der Waals surface area contributed by atoms with Crippen molar-refractivity contribution in [2.24, 2.45) is 11.8 Å². The van der Waals surface area contributed by atoms with E-state index in [1.165, 1.54) is 19.4 Å². The molecule has 9 heteroatoms. The summed E-state index contributed by atoms with van der Waals surface area (Å²) >= 11 is 0. The van der Waals surface area contributed by atoms with E-state index < -0.39 is 11.6 Å². The second kappa shape index (κ2) is 13.9. The summed E-state index contributed by atoms with van der Waals surface area (Å²) in [6.45, 7) is 12.3. The maximum atomic E-state index is 14.8. The Balaban J connectivity index is 1.23. The Morgan fingerprint density at radius 3 is 2.59 bits per heavy atom. The summed E-state index contributed by atoms with van der Waals surface area (Å²) in [5.74, 6) is 0.140. The molecule has 2 atom stereocenters. The number of carbonyl (C=O) groups is 1. The smallest absolute Gasteiger partial charge is 0.251 e. The number of rotatable bonds is 11. The molecule has 2 aliphatic heterocycles. The van der Waals surface area contributed by atoms with Gasteiger partial charge in [-0.2, -0.15) is 0 Å². The van der Waals surface area contributed by atoms with Crippen molar-refractivity contribution >= 4 is 17.8 Å². The number of amides is 1. The molecule has 44 heavy (non-hydrogen) atoms. The zero-order chi connectivity index (χ0) is 31.4. The molecule has 7 nitrogen and oxygen atoms in total. The van der Waals surface area contributed by atoms with Gasteiger partial charge in [-0.05, 0) is 92.9 Å². The minimum absolute atomic E-state index is 0.0299. The van der Waals surface area contributed by atoms with Gasteiger partial charge in [0.1, 0.15) is 0 Å². The van der Waals surface area contributed by atoms with Crippen molar-refractivity contribution in [1.82, 2.24) is 24.7 Å². The number of imidazole rings is 1. The van der Waals surface area contributed by atoms with Gasteiger partial charge in [-0.15, -0.1) is 0 Å². The Kier molecular flexibility index (Phi) is 10.0. The first-order valence-corrected chi connectivity index (χ1v) is 16.0. The Morgan fingerprint density at radius 2 is 1.86 bits per heavy atom. The number of likely N-dealkylation sites (tertiary alicyclic amines) is 1. The topological polar surface area (TPSA) is 65.4 Å². The molecule has 5 rings (SSSR count). The molecule has 236 valence electrons. The van der Waals surface area contributed by atoms with Crippen molar-refractivity contribution in [3.63, 3.8) is 0 Å². The van der Waals surface area contributed by atoms with E-state index in [0.717, 1.165) is 43.1 Å². The van der Waals surface area contributed by atoms with Gasteiger partial charge < -0.3 is 20.4 Å². The fourth-order valence-corrected chi connectivity index (χ4v) is 6.47. The number of halogens is 2. The van der Waals surface area contributed by atoms with Crippen LogP contribution in [-0.2, 0) is 6.42 Å². The Morgan fingerprint density at radius 1 is 1.09 bits per heavy atom. The zero-order valence-electron chi connectivity index (χ0n) is 26.7. The van der Waals surface area contributed by atoms with Crippen LogP contribution in [0.15, 0.2) is 42.7 Å². The van der Waals surface area contributed by atoms with Crippen LogP contribution in [0.1, 0.15) is 79.9 Å². The van der Waals surface area contributed by atoms with Crippen LogP contribution >= 0.6 is 0 Å². The number of aromatic nitrogens is 2. The molecule has 3 aromatic rings. The van der Waals surface area contributed by atoms with Crippen LogP contribution in [0.3, 0.4) is 0 Å². The second-order valence-corrected chi connectivity index (χ2v) is 12.5. The van der Waals surface area contributed by atoms with Crippen molar-refractivity contribution in [3.8, 4) is 11.3 Å². The molecule has 1 saturated heterocycles. The third-order valence-corrected chi connectivity index (χ3v) is 9.12. The lowest BCUT2D eigenvalue weighted by Gasteiger charge is -2.33. The Hall–Kier alpha value is -3.72. The summed E-state index contributed by atoms with van der Waals surface area (Å²) in [5.41, 5.74) is 3.40. The predicted molar refractivity (Wildman–Crippen MR) is 173 cm³/mol. The molecule has 0 aliphatic carbocycles. The van der Waals surface area contributed by atoms with Gasteiger partial charge in [0.25, 0.3) is 5.91 Å². The van der Waals surface area contributed by atoms with Gasteiger partial charge in [-0.3, -0.25) is 9.36 Å². The first-order valence-electron chi connectivity index (χ1n) is 16.0. The molecule has 2 unspecified atom stereocenters. The lowest BCUT2D eigenvalue weighted by Crippen LogP contribution is -2.40. The van der Waals surface area contributed by atoms with E-state index in [4.69, 9.17) is 0 Å². The first-order chi connectivity index (χ1) is 21.2. The van der Waals surface area contributed by atoms with E-state index in [2.05, 4.69) is 41.3 Å². The maximum absolute atomic E-state index is 14.8. The highest BCUT2D eigenvalue weighted by Gasteiger charge is 2.27. The van der Waals surface area contributed by atoms with Gasteiger partial charge in [0.15, 0.2) is 23.6 Å². The van der Waals surface area contributed by atoms with Gasteiger partial charge in [0, 0.05) is 49.4 Å². The van der Waals surface area contributed by atoms with Crippen molar-refractivity contribution in [3.05, 3.63) is 76.9 Å². The molecule has 1 fully saturated rings. The minimum atomic E-state index is -0.881. The Bertz CT molecular complexity index is 1490. The van der Waals surface area contributed by atoms with Gasteiger partial charge in [-0.25, -0.2) is 13.8 Å². The number of aryl methyl sites for hydroxylation is 2. The molecule has 0 bridgehead atoms. The minimum Gasteiger partial charge on any atom is -0.359 e. The molecule has 0 spiro atoms. The fourth-order valence-electron chi connectivity index (χ4n) is 6.47.